The van der Waals surface area contributed by atoms with E-state index in [1.165, 1.54) is 0 Å². The highest BCUT2D eigenvalue weighted by atomic mass is 32.2. The van der Waals surface area contributed by atoms with Gasteiger partial charge in [-0.15, -0.1) is 0 Å². The molecule has 28 heteroatoms. The van der Waals surface area contributed by atoms with E-state index in [1.54, 1.807) is 0 Å². The lowest BCUT2D eigenvalue weighted by atomic mass is 12.0. The van der Waals surface area contributed by atoms with Crippen LogP contribution in [0.25, 0.3) is 0 Å². The van der Waals surface area contributed by atoms with E-state index in [2.05, 4.69) is 120 Å². The first-order valence-corrected chi connectivity index (χ1v) is 6.72. The van der Waals surface area contributed by atoms with Crippen LogP contribution in [0, 0.1) is 0 Å². The van der Waals surface area contributed by atoms with Gasteiger partial charge < -0.3 is 5.26 Å². The summed E-state index contributed by atoms with van der Waals surface area (Å²) in [6.07, 6.45) is 0.617. The van der Waals surface area contributed by atoms with E-state index in [4.69, 9.17) is 5.26 Å². The van der Waals surface area contributed by atoms with E-state index in [1.807, 2.05) is 0 Å². The molecule has 29 heavy (non-hydrogen) atoms. The number of hydrogen-bond donors (Lipinski definition) is 0. The van der Waals surface area contributed by atoms with Crippen molar-refractivity contribution in [3.8, 4) is 0 Å². The molecule has 0 fully saturated rings. The Hall–Kier alpha value is -1.05. The molecule has 0 spiro atoms. The molecule has 0 rings (SSSR count). The third kappa shape index (κ3) is 26.9. The van der Waals surface area contributed by atoms with Crippen LogP contribution in [0.2, 0.25) is 0 Å². The van der Waals surface area contributed by atoms with Crippen LogP contribution in [0.15, 0.2) is 0 Å². The van der Waals surface area contributed by atoms with Gasteiger partial charge in [-0.25, -0.2) is 0 Å². The summed E-state index contributed by atoms with van der Waals surface area (Å²) < 4.78 is 24.2. The van der Waals surface area contributed by atoms with Gasteiger partial charge in [-0.2, -0.15) is 8.42 Å². The lowest BCUT2D eigenvalue weighted by Gasteiger charge is -2.00. The topological polar surface area (TPSA) is 279 Å². The largest absolute Gasteiger partial charge is 0.689 e. The Kier molecular flexibility index (Phi) is 20.9. The van der Waals surface area contributed by atoms with Gasteiger partial charge >= 0.3 is 0 Å². The Labute approximate surface area is 151 Å². The van der Waals surface area contributed by atoms with Crippen LogP contribution in [0.3, 0.4) is 0 Å². The monoisotopic (exact) mass is 479 g/mol. The van der Waals surface area contributed by atoms with E-state index in [9.17, 15) is 8.42 Å². The van der Waals surface area contributed by atoms with Gasteiger partial charge in [-0.3, -0.25) is 5.04 Å². The minimum absolute atomic E-state index is 0.617. The van der Waals surface area contributed by atoms with E-state index in [0.29, 0.717) is 6.26 Å². The molecule has 0 radical (unpaired) electrons. The molecule has 0 bridgehead atoms. The van der Waals surface area contributed by atoms with E-state index < -0.39 is 10.1 Å². The highest BCUT2D eigenvalue weighted by Crippen LogP contribution is 1.95. The first-order valence-electron chi connectivity index (χ1n) is 4.91. The molecule has 0 unspecified atom stereocenters. The van der Waals surface area contributed by atoms with E-state index in [-0.39, 0.29) is 0 Å². The second-order valence-electron chi connectivity index (χ2n) is 2.34. The Balaban J connectivity index is 3.03. The third-order valence-electron chi connectivity index (χ3n) is 0.762. The maximum absolute atomic E-state index is 10.3. The van der Waals surface area contributed by atoms with Gasteiger partial charge in [0.2, 0.25) is 0 Å². The van der Waals surface area contributed by atoms with Crippen LogP contribution in [0.4, 0.5) is 0 Å². The predicted octanol–water partition coefficient (Wildman–Crippen LogP) is -3.34. The summed E-state index contributed by atoms with van der Waals surface area (Å²) in [4.78, 5) is 0. The molecule has 0 heterocycles. The van der Waals surface area contributed by atoms with Gasteiger partial charge in [-0.05, 0) is 80.6 Å². The number of rotatable bonds is 24. The first kappa shape index (κ1) is 27.9. The molecule has 0 aliphatic heterocycles. The second kappa shape index (κ2) is 21.7. The lowest BCUT2D eigenvalue weighted by Crippen LogP contribution is -2.08. The van der Waals surface area contributed by atoms with Crippen LogP contribution < -0.4 is 5.26 Å². The average molecular weight is 479 g/mol. The van der Waals surface area contributed by atoms with E-state index in [0.717, 1.165) is 0 Å². The van der Waals surface area contributed by atoms with Gasteiger partial charge in [-0.1, -0.05) is 4.33 Å². The second-order valence-corrected chi connectivity index (χ2v) is 3.88. The van der Waals surface area contributed by atoms with Gasteiger partial charge in [0.15, 0.2) is 0 Å². The van der Waals surface area contributed by atoms with Crippen molar-refractivity contribution in [1.29, 1.82) is 0 Å². The Morgan fingerprint density at radius 1 is 0.414 bits per heavy atom. The lowest BCUT2D eigenvalue weighted by molar-refractivity contribution is -0.920. The first-order chi connectivity index (χ1) is 14.1. The van der Waals surface area contributed by atoms with Gasteiger partial charge in [0.05, 0.1) is 6.26 Å². The molecular weight excluding hydrogens is 476 g/mol. The summed E-state index contributed by atoms with van der Waals surface area (Å²) in [7, 11) is -3.97. The Morgan fingerprint density at radius 3 is 0.828 bits per heavy atom. The molecule has 0 aromatic rings. The molecule has 0 N–H and O–H groups in total. The fraction of sp³-hybridized carbons (Fsp3) is 1.00. The van der Waals surface area contributed by atoms with Crippen LogP contribution >= 0.6 is 0 Å². The average Bonchev–Trinajstić information content (AvgIpc) is 2.67. The van der Waals surface area contributed by atoms with Crippen molar-refractivity contribution in [1.82, 2.24) is 0 Å². The maximum atomic E-state index is 10.3. The number of hydrogen-bond acceptors (Lipinski definition) is 27. The molecule has 0 amide bonds. The molecule has 0 atom stereocenters. The fourth-order valence-electron chi connectivity index (χ4n) is 0.300. The Bertz CT molecular complexity index is 399. The fourth-order valence-corrected chi connectivity index (χ4v) is 0.424. The molecule has 0 aromatic carbocycles. The summed E-state index contributed by atoms with van der Waals surface area (Å²) in [6.45, 7) is 0. The molecule has 0 saturated heterocycles. The van der Waals surface area contributed by atoms with Crippen molar-refractivity contribution in [2.24, 2.45) is 0 Å². The van der Waals surface area contributed by atoms with Crippen LogP contribution in [0.5, 0.6) is 0 Å². The van der Waals surface area contributed by atoms with Crippen LogP contribution in [0.1, 0.15) is 0 Å². The summed E-state index contributed by atoms with van der Waals surface area (Å²) in [6, 6.07) is 0. The molecule has 176 valence electrons. The Morgan fingerprint density at radius 2 is 0.621 bits per heavy atom. The summed E-state index contributed by atoms with van der Waals surface area (Å²) >= 11 is 0. The molecule has 0 aliphatic carbocycles. The van der Waals surface area contributed by atoms with Crippen molar-refractivity contribution in [3.05, 3.63) is 0 Å². The van der Waals surface area contributed by atoms with Crippen LogP contribution in [-0.4, -0.2) is 14.7 Å². The summed E-state index contributed by atoms with van der Waals surface area (Å²) in [5.74, 6) is 0. The van der Waals surface area contributed by atoms with Gasteiger partial charge in [0.25, 0.3) is 10.1 Å². The standard InChI is InChI=1S/CH4O27S/c1-29(3,4)28-27-26-25-24-23-22-21-20-19-18-17-16-15-14-13-12-11-10-9-8-7-6-5-2/h2H,1H3/p-1. The molecular formula is CH3O27S-. The van der Waals surface area contributed by atoms with E-state index >= 15 is 0 Å². The molecule has 27 nitrogen and oxygen atoms in total. The molecule has 0 saturated carbocycles. The minimum atomic E-state index is -3.97. The zero-order valence-corrected chi connectivity index (χ0v) is 13.2. The highest BCUT2D eigenvalue weighted by molar-refractivity contribution is 7.85. The molecule has 0 aliphatic rings. The van der Waals surface area contributed by atoms with Crippen molar-refractivity contribution in [2.45, 2.75) is 0 Å². The maximum Gasteiger partial charge on any atom is 0.293 e. The quantitative estimate of drug-likeness (QED) is 0.0742. The zero-order valence-electron chi connectivity index (χ0n) is 12.4. The van der Waals surface area contributed by atoms with Gasteiger partial charge in [0.1, 0.15) is 0 Å². The van der Waals surface area contributed by atoms with Crippen molar-refractivity contribution in [2.75, 3.05) is 6.26 Å². The summed E-state index contributed by atoms with van der Waals surface area (Å²) in [5.41, 5.74) is 0. The molecule has 0 aromatic heterocycles. The highest BCUT2D eigenvalue weighted by Gasteiger charge is 2.04. The van der Waals surface area contributed by atoms with Crippen LogP contribution in [-0.2, 0) is 130 Å². The zero-order chi connectivity index (χ0) is 21.5. The SMILES string of the molecule is CS(=O)(=O)OOOOOOOOOOOOOOOOOOOOOOOO[O-]. The van der Waals surface area contributed by atoms with Crippen molar-refractivity contribution in [3.63, 3.8) is 0 Å². The van der Waals surface area contributed by atoms with Crippen molar-refractivity contribution < 1.29 is 134 Å². The smallest absolute Gasteiger partial charge is 0.293 e. The normalized spacial score (nSPS) is 11.9. The minimum Gasteiger partial charge on any atom is -0.689 e. The van der Waals surface area contributed by atoms with Gasteiger partial charge in [0, 0.05) is 30.2 Å². The predicted molar refractivity (Wildman–Crippen MR) is 40.9 cm³/mol. The third-order valence-corrected chi connectivity index (χ3v) is 1.07. The summed E-state index contributed by atoms with van der Waals surface area (Å²) in [5, 5.41) is 87.1. The van der Waals surface area contributed by atoms with Crippen molar-refractivity contribution >= 4 is 10.1 Å².